The van der Waals surface area contributed by atoms with E-state index in [2.05, 4.69) is 10.6 Å². The lowest BCUT2D eigenvalue weighted by Crippen LogP contribution is -2.61. The first-order valence-corrected chi connectivity index (χ1v) is 6.60. The maximum Gasteiger partial charge on any atom is 0.328 e. The van der Waals surface area contributed by atoms with E-state index < -0.39 is 42.4 Å². The minimum atomic E-state index is -1.19. The van der Waals surface area contributed by atoms with Crippen molar-refractivity contribution < 1.29 is 29.0 Å². The quantitative estimate of drug-likeness (QED) is 0.555. The van der Waals surface area contributed by atoms with Gasteiger partial charge in [-0.2, -0.15) is 0 Å². The lowest BCUT2D eigenvalue weighted by Gasteiger charge is -2.34. The third kappa shape index (κ3) is 4.62. The van der Waals surface area contributed by atoms with Crippen molar-refractivity contribution in [2.45, 2.75) is 32.4 Å². The van der Waals surface area contributed by atoms with Gasteiger partial charge in [0.2, 0.25) is 5.91 Å². The first-order valence-electron chi connectivity index (χ1n) is 6.60. The highest BCUT2D eigenvalue weighted by atomic mass is 16.5. The smallest absolute Gasteiger partial charge is 0.328 e. The summed E-state index contributed by atoms with van der Waals surface area (Å²) in [4.78, 5) is 47.1. The van der Waals surface area contributed by atoms with Gasteiger partial charge in [0.1, 0.15) is 12.1 Å². The molecule has 0 radical (unpaired) electrons. The predicted octanol–water partition coefficient (Wildman–Crippen LogP) is -1.08. The van der Waals surface area contributed by atoms with Crippen molar-refractivity contribution in [2.24, 2.45) is 0 Å². The fourth-order valence-corrected chi connectivity index (χ4v) is 1.92. The average Bonchev–Trinajstić information content (AvgIpc) is 2.40. The minimum Gasteiger partial charge on any atom is -0.481 e. The fraction of sp³-hybridized carbons (Fsp3) is 0.667. The maximum atomic E-state index is 12.1. The minimum absolute atomic E-state index is 0.172. The number of carbonyl (C=O) groups excluding carboxylic acids is 3. The monoisotopic (exact) mass is 301 g/mol. The van der Waals surface area contributed by atoms with Crippen LogP contribution in [0.1, 0.15) is 20.3 Å². The van der Waals surface area contributed by atoms with Crippen molar-refractivity contribution in [3.8, 4) is 0 Å². The second kappa shape index (κ2) is 7.46. The summed E-state index contributed by atoms with van der Waals surface area (Å²) in [6.07, 6.45) is -0.493. The lowest BCUT2D eigenvalue weighted by atomic mass is 10.1. The second-order valence-corrected chi connectivity index (χ2v) is 4.52. The van der Waals surface area contributed by atoms with E-state index in [-0.39, 0.29) is 19.7 Å². The van der Waals surface area contributed by atoms with E-state index in [1.54, 1.807) is 6.92 Å². The summed E-state index contributed by atoms with van der Waals surface area (Å²) >= 11 is 0. The van der Waals surface area contributed by atoms with Gasteiger partial charge in [0, 0.05) is 13.1 Å². The normalized spacial score (nSPS) is 19.4. The number of hydrogen-bond donors (Lipinski definition) is 3. The van der Waals surface area contributed by atoms with Crippen molar-refractivity contribution >= 4 is 23.9 Å². The summed E-state index contributed by atoms with van der Waals surface area (Å²) < 4.78 is 4.76. The van der Waals surface area contributed by atoms with Crippen LogP contribution in [0.15, 0.2) is 0 Å². The molecular weight excluding hydrogens is 282 g/mol. The molecule has 1 saturated heterocycles. The second-order valence-electron chi connectivity index (χ2n) is 4.52. The lowest BCUT2D eigenvalue weighted by molar-refractivity contribution is -0.145. The Labute approximate surface area is 121 Å². The molecule has 1 fully saturated rings. The summed E-state index contributed by atoms with van der Waals surface area (Å²) in [5, 5.41) is 13.7. The molecule has 118 valence electrons. The molecule has 9 nitrogen and oxygen atoms in total. The van der Waals surface area contributed by atoms with Gasteiger partial charge in [-0.1, -0.05) is 0 Å². The van der Waals surface area contributed by atoms with E-state index in [0.717, 1.165) is 4.90 Å². The molecule has 1 aliphatic heterocycles. The number of carbonyl (C=O) groups is 4. The van der Waals surface area contributed by atoms with Crippen LogP contribution in [0.2, 0.25) is 0 Å². The standard InChI is InChI=1S/C12H19N3O6/c1-3-21-11(19)7(2)14-12(20)15-5-4-13-10(18)8(15)6-9(16)17/h7-8H,3-6H2,1-2H3,(H,13,18)(H,14,20)(H,16,17). The molecular formula is C12H19N3O6. The van der Waals surface area contributed by atoms with Crippen molar-refractivity contribution in [3.05, 3.63) is 0 Å². The number of carboxylic acids is 1. The van der Waals surface area contributed by atoms with Crippen LogP contribution >= 0.6 is 0 Å². The van der Waals surface area contributed by atoms with Crippen LogP contribution in [0, 0.1) is 0 Å². The topological polar surface area (TPSA) is 125 Å². The number of esters is 1. The molecule has 0 aromatic carbocycles. The van der Waals surface area contributed by atoms with E-state index in [0.29, 0.717) is 0 Å². The molecule has 3 N–H and O–H groups in total. The van der Waals surface area contributed by atoms with Crippen molar-refractivity contribution in [2.75, 3.05) is 19.7 Å². The Bertz CT molecular complexity index is 439. The van der Waals surface area contributed by atoms with Crippen LogP contribution in [0.3, 0.4) is 0 Å². The van der Waals surface area contributed by atoms with Crippen LogP contribution in [0.5, 0.6) is 0 Å². The molecule has 2 atom stereocenters. The number of nitrogens with zero attached hydrogens (tertiary/aromatic N) is 1. The summed E-state index contributed by atoms with van der Waals surface area (Å²) in [5.74, 6) is -2.31. The van der Waals surface area contributed by atoms with Gasteiger partial charge in [-0.25, -0.2) is 9.59 Å². The number of urea groups is 1. The van der Waals surface area contributed by atoms with Gasteiger partial charge < -0.3 is 25.4 Å². The summed E-state index contributed by atoms with van der Waals surface area (Å²) in [6.45, 7) is 3.68. The molecule has 1 aliphatic rings. The Hall–Kier alpha value is -2.32. The Morgan fingerprint density at radius 2 is 2.19 bits per heavy atom. The average molecular weight is 301 g/mol. The number of aliphatic carboxylic acids is 1. The molecule has 9 heteroatoms. The Kier molecular flexibility index (Phi) is 5.94. The zero-order chi connectivity index (χ0) is 16.0. The first kappa shape index (κ1) is 16.7. The number of amides is 3. The number of ether oxygens (including phenoxy) is 1. The van der Waals surface area contributed by atoms with Crippen LogP contribution < -0.4 is 10.6 Å². The fourth-order valence-electron chi connectivity index (χ4n) is 1.92. The highest BCUT2D eigenvalue weighted by Gasteiger charge is 2.35. The molecule has 0 aliphatic carbocycles. The first-order chi connectivity index (χ1) is 9.86. The van der Waals surface area contributed by atoms with Crippen molar-refractivity contribution in [1.82, 2.24) is 15.5 Å². The van der Waals surface area contributed by atoms with Gasteiger partial charge in [-0.3, -0.25) is 9.59 Å². The predicted molar refractivity (Wildman–Crippen MR) is 70.4 cm³/mol. The Morgan fingerprint density at radius 1 is 1.52 bits per heavy atom. The number of rotatable bonds is 5. The van der Waals surface area contributed by atoms with Gasteiger partial charge in [-0.15, -0.1) is 0 Å². The van der Waals surface area contributed by atoms with Crippen molar-refractivity contribution in [3.63, 3.8) is 0 Å². The molecule has 0 bridgehead atoms. The number of hydrogen-bond acceptors (Lipinski definition) is 5. The van der Waals surface area contributed by atoms with Gasteiger partial charge >= 0.3 is 18.0 Å². The zero-order valence-corrected chi connectivity index (χ0v) is 11.9. The molecule has 0 spiro atoms. The molecule has 0 aromatic heterocycles. The third-order valence-corrected chi connectivity index (χ3v) is 2.94. The van der Waals surface area contributed by atoms with E-state index in [4.69, 9.17) is 9.84 Å². The molecule has 21 heavy (non-hydrogen) atoms. The Balaban J connectivity index is 2.71. The van der Waals surface area contributed by atoms with Gasteiger partial charge in [0.25, 0.3) is 0 Å². The summed E-state index contributed by atoms with van der Waals surface area (Å²) in [6, 6.07) is -2.64. The highest BCUT2D eigenvalue weighted by Crippen LogP contribution is 2.09. The van der Waals surface area contributed by atoms with Crippen LogP contribution in [0.4, 0.5) is 4.79 Å². The maximum absolute atomic E-state index is 12.1. The SMILES string of the molecule is CCOC(=O)C(C)NC(=O)N1CCNC(=O)C1CC(=O)O. The van der Waals surface area contributed by atoms with Gasteiger partial charge in [-0.05, 0) is 13.8 Å². The molecule has 2 unspecified atom stereocenters. The Morgan fingerprint density at radius 3 is 2.76 bits per heavy atom. The van der Waals surface area contributed by atoms with Crippen LogP contribution in [-0.2, 0) is 19.1 Å². The summed E-state index contributed by atoms with van der Waals surface area (Å²) in [7, 11) is 0. The van der Waals surface area contributed by atoms with Crippen molar-refractivity contribution in [1.29, 1.82) is 0 Å². The molecule has 3 amide bonds. The van der Waals surface area contributed by atoms with E-state index in [1.807, 2.05) is 0 Å². The number of carboxylic acid groups (broad SMARTS) is 1. The van der Waals surface area contributed by atoms with Gasteiger partial charge in [0.05, 0.1) is 13.0 Å². The molecule has 0 aromatic rings. The number of piperazine rings is 1. The van der Waals surface area contributed by atoms with Crippen LogP contribution in [0.25, 0.3) is 0 Å². The third-order valence-electron chi connectivity index (χ3n) is 2.94. The summed E-state index contributed by atoms with van der Waals surface area (Å²) in [5.41, 5.74) is 0. The number of nitrogens with one attached hydrogen (secondary N) is 2. The molecule has 1 heterocycles. The largest absolute Gasteiger partial charge is 0.481 e. The van der Waals surface area contributed by atoms with E-state index in [9.17, 15) is 19.2 Å². The molecule has 1 rings (SSSR count). The molecule has 0 saturated carbocycles. The van der Waals surface area contributed by atoms with Gasteiger partial charge in [0.15, 0.2) is 0 Å². The van der Waals surface area contributed by atoms with Crippen LogP contribution in [-0.4, -0.2) is 65.7 Å². The zero-order valence-electron chi connectivity index (χ0n) is 11.9. The van der Waals surface area contributed by atoms with E-state index in [1.165, 1.54) is 6.92 Å². The van der Waals surface area contributed by atoms with E-state index >= 15 is 0 Å². The highest BCUT2D eigenvalue weighted by molar-refractivity contribution is 5.92.